The van der Waals surface area contributed by atoms with Crippen molar-refractivity contribution in [2.45, 2.75) is 76.1 Å². The van der Waals surface area contributed by atoms with E-state index in [9.17, 15) is 9.59 Å². The van der Waals surface area contributed by atoms with Crippen molar-refractivity contribution < 1.29 is 9.59 Å². The van der Waals surface area contributed by atoms with Crippen LogP contribution in [-0.2, 0) is 21.8 Å². The maximum absolute atomic E-state index is 13.3. The largest absolute Gasteiger partial charge is 0.352 e. The standard InChI is InChI=1S/C28H38N2O2S/c1-2-26(28(32)29-25-16-10-5-11-17-25)30(20-18-23-12-6-3-7-13-23)27(31)19-21-33-22-24-14-8-4-9-15-24/h3-4,6-9,12-15,25-26H,2,5,10-11,16-22H2,1H3,(H,29,32). The fourth-order valence-electron chi connectivity index (χ4n) is 4.51. The molecule has 2 aromatic rings. The van der Waals surface area contributed by atoms with Crippen LogP contribution < -0.4 is 5.32 Å². The molecule has 178 valence electrons. The van der Waals surface area contributed by atoms with Gasteiger partial charge in [0.25, 0.3) is 0 Å². The Labute approximate surface area is 203 Å². The molecule has 1 unspecified atom stereocenters. The smallest absolute Gasteiger partial charge is 0.243 e. The number of hydrogen-bond donors (Lipinski definition) is 1. The van der Waals surface area contributed by atoms with Gasteiger partial charge >= 0.3 is 0 Å². The van der Waals surface area contributed by atoms with E-state index < -0.39 is 6.04 Å². The molecule has 0 aliphatic heterocycles. The third kappa shape index (κ3) is 8.54. The van der Waals surface area contributed by atoms with E-state index in [-0.39, 0.29) is 17.9 Å². The molecule has 0 spiro atoms. The normalized spacial score (nSPS) is 15.1. The van der Waals surface area contributed by atoms with E-state index in [2.05, 4.69) is 29.6 Å². The van der Waals surface area contributed by atoms with Gasteiger partial charge in [-0.25, -0.2) is 0 Å². The van der Waals surface area contributed by atoms with Gasteiger partial charge in [0, 0.05) is 30.5 Å². The van der Waals surface area contributed by atoms with Gasteiger partial charge in [-0.15, -0.1) is 0 Å². The number of nitrogens with zero attached hydrogens (tertiary/aromatic N) is 1. The number of carbonyl (C=O) groups is 2. The van der Waals surface area contributed by atoms with Crippen molar-refractivity contribution in [1.29, 1.82) is 0 Å². The van der Waals surface area contributed by atoms with Gasteiger partial charge in [0.05, 0.1) is 0 Å². The lowest BCUT2D eigenvalue weighted by atomic mass is 9.95. The molecule has 1 fully saturated rings. The van der Waals surface area contributed by atoms with Crippen LogP contribution in [-0.4, -0.2) is 41.1 Å². The van der Waals surface area contributed by atoms with Gasteiger partial charge in [0.2, 0.25) is 11.8 Å². The number of carbonyl (C=O) groups excluding carboxylic acids is 2. The summed E-state index contributed by atoms with van der Waals surface area (Å²) in [5.74, 6) is 1.76. The summed E-state index contributed by atoms with van der Waals surface area (Å²) in [6, 6.07) is 20.4. The molecule has 1 atom stereocenters. The molecule has 5 heteroatoms. The Hall–Kier alpha value is -2.27. The Morgan fingerprint density at radius 3 is 2.24 bits per heavy atom. The number of thioether (sulfide) groups is 1. The van der Waals surface area contributed by atoms with Gasteiger partial charge in [0.15, 0.2) is 0 Å². The summed E-state index contributed by atoms with van der Waals surface area (Å²) in [4.78, 5) is 28.4. The number of hydrogen-bond acceptors (Lipinski definition) is 3. The Kier molecular flexibility index (Phi) is 10.8. The molecule has 1 saturated carbocycles. The van der Waals surface area contributed by atoms with Gasteiger partial charge in [-0.3, -0.25) is 9.59 Å². The quantitative estimate of drug-likeness (QED) is 0.414. The van der Waals surface area contributed by atoms with Crippen LogP contribution in [0.25, 0.3) is 0 Å². The van der Waals surface area contributed by atoms with E-state index in [1.54, 1.807) is 11.8 Å². The van der Waals surface area contributed by atoms with E-state index in [1.807, 2.05) is 48.2 Å². The molecular weight excluding hydrogens is 428 g/mol. The predicted molar refractivity (Wildman–Crippen MR) is 138 cm³/mol. The lowest BCUT2D eigenvalue weighted by molar-refractivity contribution is -0.140. The summed E-state index contributed by atoms with van der Waals surface area (Å²) in [5.41, 5.74) is 2.46. The molecule has 2 aromatic carbocycles. The van der Waals surface area contributed by atoms with Crippen molar-refractivity contribution in [3.8, 4) is 0 Å². The molecule has 0 heterocycles. The number of benzene rings is 2. The van der Waals surface area contributed by atoms with Crippen LogP contribution in [0.4, 0.5) is 0 Å². The predicted octanol–water partition coefficient (Wildman–Crippen LogP) is 5.61. The molecule has 2 amide bonds. The molecule has 0 saturated heterocycles. The van der Waals surface area contributed by atoms with Gasteiger partial charge < -0.3 is 10.2 Å². The molecule has 0 radical (unpaired) electrons. The zero-order valence-electron chi connectivity index (χ0n) is 19.9. The number of nitrogens with one attached hydrogen (secondary N) is 1. The minimum atomic E-state index is -0.401. The average Bonchev–Trinajstić information content (AvgIpc) is 2.86. The molecule has 33 heavy (non-hydrogen) atoms. The van der Waals surface area contributed by atoms with Gasteiger partial charge in [-0.2, -0.15) is 11.8 Å². The van der Waals surface area contributed by atoms with Crippen LogP contribution in [0.5, 0.6) is 0 Å². The van der Waals surface area contributed by atoms with Crippen molar-refractivity contribution in [2.75, 3.05) is 12.3 Å². The summed E-state index contributed by atoms with van der Waals surface area (Å²) in [6.45, 7) is 2.58. The second-order valence-corrected chi connectivity index (χ2v) is 9.98. The van der Waals surface area contributed by atoms with Gasteiger partial charge in [0.1, 0.15) is 6.04 Å². The van der Waals surface area contributed by atoms with Crippen LogP contribution in [0.15, 0.2) is 60.7 Å². The third-order valence-corrected chi connectivity index (χ3v) is 7.42. The molecule has 4 nitrogen and oxygen atoms in total. The zero-order valence-corrected chi connectivity index (χ0v) is 20.7. The average molecular weight is 467 g/mol. The first-order valence-electron chi connectivity index (χ1n) is 12.4. The van der Waals surface area contributed by atoms with E-state index in [4.69, 9.17) is 0 Å². The van der Waals surface area contributed by atoms with Crippen molar-refractivity contribution in [1.82, 2.24) is 10.2 Å². The van der Waals surface area contributed by atoms with Crippen molar-refractivity contribution >= 4 is 23.6 Å². The summed E-state index contributed by atoms with van der Waals surface area (Å²) in [5, 5.41) is 3.25. The Morgan fingerprint density at radius 1 is 0.970 bits per heavy atom. The van der Waals surface area contributed by atoms with E-state index in [0.717, 1.165) is 30.8 Å². The summed E-state index contributed by atoms with van der Waals surface area (Å²) < 4.78 is 0. The molecule has 1 aliphatic carbocycles. The fraction of sp³-hybridized carbons (Fsp3) is 0.500. The minimum absolute atomic E-state index is 0.0164. The first-order valence-corrected chi connectivity index (χ1v) is 13.6. The topological polar surface area (TPSA) is 49.4 Å². The highest BCUT2D eigenvalue weighted by Gasteiger charge is 2.29. The molecule has 1 N–H and O–H groups in total. The molecular formula is C28H38N2O2S. The third-order valence-electron chi connectivity index (χ3n) is 6.39. The van der Waals surface area contributed by atoms with Crippen LogP contribution in [0.2, 0.25) is 0 Å². The van der Waals surface area contributed by atoms with Crippen LogP contribution in [0.3, 0.4) is 0 Å². The summed E-state index contributed by atoms with van der Waals surface area (Å²) >= 11 is 1.77. The van der Waals surface area contributed by atoms with Crippen molar-refractivity contribution in [2.24, 2.45) is 0 Å². The van der Waals surface area contributed by atoms with Crippen molar-refractivity contribution in [3.63, 3.8) is 0 Å². The Morgan fingerprint density at radius 2 is 1.61 bits per heavy atom. The molecule has 0 aromatic heterocycles. The van der Waals surface area contributed by atoms with Gasteiger partial charge in [-0.05, 0) is 36.8 Å². The highest BCUT2D eigenvalue weighted by atomic mass is 32.2. The SMILES string of the molecule is CCC(C(=O)NC1CCCCC1)N(CCc1ccccc1)C(=O)CCSCc1ccccc1. The molecule has 3 rings (SSSR count). The lowest BCUT2D eigenvalue weighted by Crippen LogP contribution is -2.52. The highest BCUT2D eigenvalue weighted by Crippen LogP contribution is 2.19. The Balaban J connectivity index is 1.60. The van der Waals surface area contributed by atoms with E-state index in [1.165, 1.54) is 30.4 Å². The monoisotopic (exact) mass is 466 g/mol. The van der Waals surface area contributed by atoms with Crippen LogP contribution >= 0.6 is 11.8 Å². The van der Waals surface area contributed by atoms with Gasteiger partial charge in [-0.1, -0.05) is 86.8 Å². The zero-order chi connectivity index (χ0) is 23.3. The number of rotatable bonds is 12. The van der Waals surface area contributed by atoms with Crippen LogP contribution in [0.1, 0.15) is 63.0 Å². The number of amides is 2. The summed E-state index contributed by atoms with van der Waals surface area (Å²) in [7, 11) is 0. The van der Waals surface area contributed by atoms with Crippen LogP contribution in [0, 0.1) is 0 Å². The van der Waals surface area contributed by atoms with E-state index in [0.29, 0.717) is 19.4 Å². The summed E-state index contributed by atoms with van der Waals surface area (Å²) in [6.07, 6.45) is 7.57. The maximum atomic E-state index is 13.3. The fourth-order valence-corrected chi connectivity index (χ4v) is 5.40. The minimum Gasteiger partial charge on any atom is -0.352 e. The van der Waals surface area contributed by atoms with E-state index >= 15 is 0 Å². The first kappa shape index (κ1) is 25.4. The second kappa shape index (κ2) is 14.1. The lowest BCUT2D eigenvalue weighted by Gasteiger charge is -2.33. The Bertz CT molecular complexity index is 837. The molecule has 1 aliphatic rings. The second-order valence-electron chi connectivity index (χ2n) is 8.88. The highest BCUT2D eigenvalue weighted by molar-refractivity contribution is 7.98. The molecule has 0 bridgehead atoms. The van der Waals surface area contributed by atoms with Crippen molar-refractivity contribution in [3.05, 3.63) is 71.8 Å². The maximum Gasteiger partial charge on any atom is 0.243 e. The first-order chi connectivity index (χ1) is 16.2.